The molecule has 74 valence electrons. The molecule has 1 aromatic carbocycles. The fraction of sp³-hybridized carbons (Fsp3) is 0.400. The molecule has 0 aliphatic carbocycles. The van der Waals surface area contributed by atoms with Crippen molar-refractivity contribution in [1.82, 2.24) is 15.4 Å². The number of nitrogens with zero attached hydrogens (tertiary/aromatic N) is 2. The third kappa shape index (κ3) is 2.07. The molecular weight excluding hydrogens is 194 g/mol. The zero-order valence-corrected chi connectivity index (χ0v) is 9.35. The molecule has 2 rings (SSSR count). The van der Waals surface area contributed by atoms with E-state index in [2.05, 4.69) is 48.3 Å². The highest BCUT2D eigenvalue weighted by atomic mass is 32.2. The highest BCUT2D eigenvalue weighted by Gasteiger charge is 2.12. The third-order valence-electron chi connectivity index (χ3n) is 1.71. The van der Waals surface area contributed by atoms with E-state index in [-0.39, 0.29) is 4.75 Å². The Bertz CT molecular complexity index is 442. The Morgan fingerprint density at radius 2 is 1.86 bits per heavy atom. The van der Waals surface area contributed by atoms with Crippen LogP contribution in [0.4, 0.5) is 0 Å². The summed E-state index contributed by atoms with van der Waals surface area (Å²) in [7, 11) is 0. The number of hydrogen-bond acceptors (Lipinski definition) is 3. The van der Waals surface area contributed by atoms with Gasteiger partial charge in [0, 0.05) is 9.64 Å². The first-order chi connectivity index (χ1) is 6.54. The molecule has 2 aromatic rings. The number of aromatic amines is 1. The number of H-pyrrole nitrogens is 1. The zero-order chi connectivity index (χ0) is 10.2. The minimum atomic E-state index is 0.234. The summed E-state index contributed by atoms with van der Waals surface area (Å²) in [6, 6.07) is 6.14. The maximum atomic E-state index is 4.06. The van der Waals surface area contributed by atoms with Crippen molar-refractivity contribution < 1.29 is 0 Å². The quantitative estimate of drug-likeness (QED) is 0.731. The molecule has 4 heteroatoms. The second-order valence-electron chi connectivity index (χ2n) is 4.19. The second kappa shape index (κ2) is 3.28. The number of benzene rings is 1. The van der Waals surface area contributed by atoms with E-state index in [1.54, 1.807) is 0 Å². The van der Waals surface area contributed by atoms with Crippen LogP contribution in [0.1, 0.15) is 20.8 Å². The first kappa shape index (κ1) is 9.52. The smallest absolute Gasteiger partial charge is 0.114 e. The molecular formula is C10H13N3S. The number of rotatable bonds is 1. The summed E-state index contributed by atoms with van der Waals surface area (Å²) in [6.07, 6.45) is 0. The van der Waals surface area contributed by atoms with Crippen molar-refractivity contribution >= 4 is 22.8 Å². The van der Waals surface area contributed by atoms with E-state index in [0.717, 1.165) is 11.0 Å². The molecule has 0 radical (unpaired) electrons. The Morgan fingerprint density at radius 3 is 2.57 bits per heavy atom. The van der Waals surface area contributed by atoms with Crippen molar-refractivity contribution in [3.05, 3.63) is 18.2 Å². The summed E-state index contributed by atoms with van der Waals surface area (Å²) >= 11 is 1.84. The van der Waals surface area contributed by atoms with Gasteiger partial charge in [0.25, 0.3) is 0 Å². The van der Waals surface area contributed by atoms with E-state index in [0.29, 0.717) is 0 Å². The predicted octanol–water partition coefficient (Wildman–Crippen LogP) is 2.85. The van der Waals surface area contributed by atoms with Crippen molar-refractivity contribution in [2.24, 2.45) is 0 Å². The zero-order valence-electron chi connectivity index (χ0n) is 8.53. The Hall–Kier alpha value is -1.03. The average Bonchev–Trinajstić information content (AvgIpc) is 2.47. The molecule has 1 N–H and O–H groups in total. The molecule has 0 unspecified atom stereocenters. The van der Waals surface area contributed by atoms with Crippen LogP contribution in [-0.2, 0) is 0 Å². The van der Waals surface area contributed by atoms with Crippen molar-refractivity contribution in [2.75, 3.05) is 0 Å². The van der Waals surface area contributed by atoms with Crippen LogP contribution in [0.3, 0.4) is 0 Å². The van der Waals surface area contributed by atoms with E-state index >= 15 is 0 Å². The van der Waals surface area contributed by atoms with Gasteiger partial charge in [-0.15, -0.1) is 11.8 Å². The van der Waals surface area contributed by atoms with Crippen LogP contribution in [0.2, 0.25) is 0 Å². The van der Waals surface area contributed by atoms with Crippen molar-refractivity contribution in [1.29, 1.82) is 0 Å². The van der Waals surface area contributed by atoms with Crippen molar-refractivity contribution in [3.8, 4) is 0 Å². The fourth-order valence-corrected chi connectivity index (χ4v) is 2.25. The summed E-state index contributed by atoms with van der Waals surface area (Å²) in [4.78, 5) is 1.24. The number of aromatic nitrogens is 3. The summed E-state index contributed by atoms with van der Waals surface area (Å²) in [5, 5.41) is 10.7. The number of thioether (sulfide) groups is 1. The molecule has 0 bridgehead atoms. The molecule has 0 saturated heterocycles. The van der Waals surface area contributed by atoms with Gasteiger partial charge < -0.3 is 0 Å². The maximum Gasteiger partial charge on any atom is 0.114 e. The molecule has 0 spiro atoms. The van der Waals surface area contributed by atoms with Gasteiger partial charge in [-0.2, -0.15) is 15.4 Å². The first-order valence-electron chi connectivity index (χ1n) is 4.54. The first-order valence-corrected chi connectivity index (χ1v) is 5.36. The van der Waals surface area contributed by atoms with Gasteiger partial charge in [0.2, 0.25) is 0 Å². The van der Waals surface area contributed by atoms with Gasteiger partial charge >= 0.3 is 0 Å². The maximum absolute atomic E-state index is 4.06. The minimum absolute atomic E-state index is 0.234. The summed E-state index contributed by atoms with van der Waals surface area (Å²) < 4.78 is 0.234. The molecule has 14 heavy (non-hydrogen) atoms. The van der Waals surface area contributed by atoms with Crippen LogP contribution in [0.15, 0.2) is 23.1 Å². The lowest BCUT2D eigenvalue weighted by Gasteiger charge is -2.17. The van der Waals surface area contributed by atoms with Crippen LogP contribution < -0.4 is 0 Å². The number of nitrogens with one attached hydrogen (secondary N) is 1. The second-order valence-corrected chi connectivity index (χ2v) is 6.09. The van der Waals surface area contributed by atoms with Crippen LogP contribution in [0.25, 0.3) is 11.0 Å². The number of hydrogen-bond donors (Lipinski definition) is 1. The topological polar surface area (TPSA) is 41.6 Å². The highest BCUT2D eigenvalue weighted by molar-refractivity contribution is 8.00. The largest absolute Gasteiger partial charge is 0.197 e. The Balaban J connectivity index is 2.35. The molecule has 0 saturated carbocycles. The lowest BCUT2D eigenvalue weighted by molar-refractivity contribution is 0.803. The van der Waals surface area contributed by atoms with Gasteiger partial charge in [-0.3, -0.25) is 0 Å². The molecule has 0 aliphatic heterocycles. The van der Waals surface area contributed by atoms with Crippen molar-refractivity contribution in [3.63, 3.8) is 0 Å². The lowest BCUT2D eigenvalue weighted by Crippen LogP contribution is -2.06. The summed E-state index contributed by atoms with van der Waals surface area (Å²) in [5.74, 6) is 0. The van der Waals surface area contributed by atoms with Crippen LogP contribution in [0, 0.1) is 0 Å². The van der Waals surface area contributed by atoms with E-state index in [4.69, 9.17) is 0 Å². The summed E-state index contributed by atoms with van der Waals surface area (Å²) in [6.45, 7) is 6.60. The Labute approximate surface area is 87.3 Å². The molecule has 0 amide bonds. The van der Waals surface area contributed by atoms with Gasteiger partial charge in [-0.05, 0) is 18.2 Å². The van der Waals surface area contributed by atoms with E-state index < -0.39 is 0 Å². The van der Waals surface area contributed by atoms with E-state index in [9.17, 15) is 0 Å². The third-order valence-corrected chi connectivity index (χ3v) is 2.81. The van der Waals surface area contributed by atoms with Gasteiger partial charge in [-0.25, -0.2) is 0 Å². The Kier molecular flexibility index (Phi) is 2.23. The summed E-state index contributed by atoms with van der Waals surface area (Å²) in [5.41, 5.74) is 1.85. The Morgan fingerprint density at radius 1 is 1.14 bits per heavy atom. The monoisotopic (exact) mass is 207 g/mol. The van der Waals surface area contributed by atoms with Crippen LogP contribution in [0.5, 0.6) is 0 Å². The molecule has 1 aromatic heterocycles. The van der Waals surface area contributed by atoms with Gasteiger partial charge in [0.05, 0.1) is 0 Å². The SMILES string of the molecule is CC(C)(C)Sc1ccc2n[nH]nc2c1. The molecule has 1 heterocycles. The minimum Gasteiger partial charge on any atom is -0.197 e. The number of fused-ring (bicyclic) bond motifs is 1. The van der Waals surface area contributed by atoms with Crippen molar-refractivity contribution in [2.45, 2.75) is 30.4 Å². The van der Waals surface area contributed by atoms with Gasteiger partial charge in [0.15, 0.2) is 0 Å². The normalized spacial score (nSPS) is 12.2. The van der Waals surface area contributed by atoms with Crippen LogP contribution in [-0.4, -0.2) is 20.2 Å². The van der Waals surface area contributed by atoms with Gasteiger partial charge in [0.1, 0.15) is 11.0 Å². The molecule has 3 nitrogen and oxygen atoms in total. The average molecular weight is 207 g/mol. The lowest BCUT2D eigenvalue weighted by atomic mass is 10.3. The fourth-order valence-electron chi connectivity index (χ4n) is 1.24. The predicted molar refractivity (Wildman–Crippen MR) is 59.5 cm³/mol. The highest BCUT2D eigenvalue weighted by Crippen LogP contribution is 2.32. The molecule has 0 fully saturated rings. The van der Waals surface area contributed by atoms with E-state index in [1.165, 1.54) is 4.90 Å². The molecule has 0 atom stereocenters. The van der Waals surface area contributed by atoms with Crippen LogP contribution >= 0.6 is 11.8 Å². The standard InChI is InChI=1S/C10H13N3S/c1-10(2,3)14-7-4-5-8-9(6-7)12-13-11-8/h4-6H,1-3H3,(H,11,12,13). The molecule has 0 aliphatic rings. The van der Waals surface area contributed by atoms with Gasteiger partial charge in [-0.1, -0.05) is 20.8 Å². The van der Waals surface area contributed by atoms with E-state index in [1.807, 2.05) is 17.8 Å².